The van der Waals surface area contributed by atoms with E-state index in [1.54, 1.807) is 11.1 Å². The lowest BCUT2D eigenvalue weighted by Crippen LogP contribution is -2.50. The van der Waals surface area contributed by atoms with Crippen LogP contribution in [0.5, 0.6) is 5.88 Å². The number of benzene rings is 1. The number of nitrogens with zero attached hydrogens (tertiary/aromatic N) is 3. The van der Waals surface area contributed by atoms with E-state index in [0.717, 1.165) is 55.8 Å². The van der Waals surface area contributed by atoms with Crippen LogP contribution in [0.2, 0.25) is 0 Å². The van der Waals surface area contributed by atoms with E-state index in [1.807, 2.05) is 31.2 Å². The van der Waals surface area contributed by atoms with Crippen molar-refractivity contribution in [2.75, 3.05) is 46.5 Å². The van der Waals surface area contributed by atoms with Crippen LogP contribution in [0.25, 0.3) is 11.1 Å². The Morgan fingerprint density at radius 3 is 2.66 bits per heavy atom. The Balaban J connectivity index is 1.63. The molecule has 0 bridgehead atoms. The number of carbonyl (C=O) groups is 1. The van der Waals surface area contributed by atoms with Crippen molar-refractivity contribution in [1.82, 2.24) is 14.8 Å². The van der Waals surface area contributed by atoms with Crippen LogP contribution >= 0.6 is 0 Å². The molecule has 2 aliphatic rings. The summed E-state index contributed by atoms with van der Waals surface area (Å²) in [6.45, 7) is 9.90. The number of carbonyl (C=O) groups excluding carboxylic acids is 1. The average molecular weight is 482 g/mol. The number of rotatable bonds is 7. The summed E-state index contributed by atoms with van der Waals surface area (Å²) >= 11 is 0. The molecule has 0 saturated carbocycles. The van der Waals surface area contributed by atoms with Gasteiger partial charge < -0.3 is 24.4 Å². The molecule has 4 rings (SSSR count). The van der Waals surface area contributed by atoms with Gasteiger partial charge >= 0.3 is 0 Å². The molecule has 1 fully saturated rings. The van der Waals surface area contributed by atoms with Crippen LogP contribution in [0.1, 0.15) is 42.6 Å². The quantitative estimate of drug-likeness (QED) is 0.651. The largest absolute Gasteiger partial charge is 0.472 e. The van der Waals surface area contributed by atoms with E-state index in [-0.39, 0.29) is 30.6 Å². The molecule has 7 nitrogen and oxygen atoms in total. The highest BCUT2D eigenvalue weighted by Crippen LogP contribution is 2.31. The number of hydrogen-bond acceptors (Lipinski definition) is 6. The number of aliphatic hydroxyl groups excluding tert-OH is 1. The van der Waals surface area contributed by atoms with Crippen molar-refractivity contribution in [2.24, 2.45) is 11.8 Å². The summed E-state index contributed by atoms with van der Waals surface area (Å²) in [7, 11) is 2.14. The van der Waals surface area contributed by atoms with E-state index in [0.29, 0.717) is 23.9 Å². The maximum absolute atomic E-state index is 13.7. The normalized spacial score (nSPS) is 22.3. The summed E-state index contributed by atoms with van der Waals surface area (Å²) < 4.78 is 12.0. The first-order valence-corrected chi connectivity index (χ1v) is 12.8. The van der Waals surface area contributed by atoms with Crippen LogP contribution in [-0.4, -0.2) is 84.4 Å². The van der Waals surface area contributed by atoms with Crippen molar-refractivity contribution >= 4 is 5.91 Å². The second kappa shape index (κ2) is 11.5. The van der Waals surface area contributed by atoms with Crippen LogP contribution in [0, 0.1) is 18.8 Å². The number of aromatic nitrogens is 1. The molecule has 3 atom stereocenters. The highest BCUT2D eigenvalue weighted by atomic mass is 16.5. The predicted octanol–water partition coefficient (Wildman–Crippen LogP) is 3.64. The van der Waals surface area contributed by atoms with Gasteiger partial charge in [0.2, 0.25) is 5.88 Å². The zero-order valence-corrected chi connectivity index (χ0v) is 21.4. The molecule has 0 spiro atoms. The van der Waals surface area contributed by atoms with Gasteiger partial charge in [-0.05, 0) is 56.8 Å². The number of likely N-dealkylation sites (N-methyl/N-ethyl adjacent to an activating group) is 1. The van der Waals surface area contributed by atoms with Gasteiger partial charge in [0.1, 0.15) is 11.7 Å². The fourth-order valence-electron chi connectivity index (χ4n) is 5.12. The summed E-state index contributed by atoms with van der Waals surface area (Å²) in [5.41, 5.74) is 3.50. The number of ether oxygens (including phenoxy) is 2. The maximum atomic E-state index is 13.7. The number of fused-ring (bicyclic) bond motifs is 1. The van der Waals surface area contributed by atoms with E-state index >= 15 is 0 Å². The summed E-state index contributed by atoms with van der Waals surface area (Å²) in [6.07, 6.45) is 3.85. The zero-order chi connectivity index (χ0) is 24.9. The van der Waals surface area contributed by atoms with Crippen molar-refractivity contribution in [3.63, 3.8) is 0 Å². The first-order valence-electron chi connectivity index (χ1n) is 12.8. The molecule has 1 amide bonds. The second-order valence-corrected chi connectivity index (χ2v) is 10.3. The molecule has 1 aromatic carbocycles. The van der Waals surface area contributed by atoms with Crippen molar-refractivity contribution in [1.29, 1.82) is 0 Å². The van der Waals surface area contributed by atoms with Crippen LogP contribution in [0.15, 0.2) is 36.5 Å². The number of aliphatic hydroxyl groups is 1. The Bertz CT molecular complexity index is 1010. The minimum absolute atomic E-state index is 0.0797. The standard InChI is InChI=1S/C28H39N3O4/c1-19-7-5-6-8-24(19)23-13-25-27(29-14-23)35-26(17-30(4)16-22-9-11-34-12-10-22)20(2)15-31(28(25)33)21(3)18-32/h5-8,13-14,20-22,26,32H,9-12,15-18H2,1-4H3/t20-,21-,26-/m1/s1. The van der Waals surface area contributed by atoms with Crippen molar-refractivity contribution < 1.29 is 19.4 Å². The van der Waals surface area contributed by atoms with Gasteiger partial charge in [-0.1, -0.05) is 31.2 Å². The van der Waals surface area contributed by atoms with E-state index in [2.05, 4.69) is 36.8 Å². The molecule has 190 valence electrons. The van der Waals surface area contributed by atoms with Crippen LogP contribution < -0.4 is 4.74 Å². The first kappa shape index (κ1) is 25.6. The van der Waals surface area contributed by atoms with Gasteiger partial charge in [-0.25, -0.2) is 4.98 Å². The van der Waals surface area contributed by atoms with Crippen molar-refractivity contribution in [3.05, 3.63) is 47.7 Å². The van der Waals surface area contributed by atoms with Gasteiger partial charge in [-0.3, -0.25) is 4.79 Å². The fourth-order valence-corrected chi connectivity index (χ4v) is 5.12. The van der Waals surface area contributed by atoms with Gasteiger partial charge in [0.05, 0.1) is 12.6 Å². The highest BCUT2D eigenvalue weighted by molar-refractivity contribution is 5.98. The minimum Gasteiger partial charge on any atom is -0.472 e. The molecular weight excluding hydrogens is 442 g/mol. The zero-order valence-electron chi connectivity index (χ0n) is 21.4. The topological polar surface area (TPSA) is 75.1 Å². The summed E-state index contributed by atoms with van der Waals surface area (Å²) in [5, 5.41) is 9.90. The molecule has 0 radical (unpaired) electrons. The van der Waals surface area contributed by atoms with Crippen LogP contribution in [0.4, 0.5) is 0 Å². The van der Waals surface area contributed by atoms with Gasteiger partial charge in [-0.15, -0.1) is 0 Å². The summed E-state index contributed by atoms with van der Waals surface area (Å²) in [6, 6.07) is 9.68. The van der Waals surface area contributed by atoms with E-state index in [4.69, 9.17) is 9.47 Å². The lowest BCUT2D eigenvalue weighted by molar-refractivity contribution is 0.0254. The molecule has 2 aromatic rings. The molecule has 3 heterocycles. The molecular formula is C28H39N3O4. The SMILES string of the molecule is Cc1ccccc1-c1cnc2c(c1)C(=O)N([C@H](C)CO)C[C@@H](C)[C@@H](CN(C)CC1CCOCC1)O2. The van der Waals surface area contributed by atoms with Crippen LogP contribution in [-0.2, 0) is 4.74 Å². The molecule has 7 heteroatoms. The first-order chi connectivity index (χ1) is 16.9. The van der Waals surface area contributed by atoms with E-state index in [9.17, 15) is 9.90 Å². The van der Waals surface area contributed by atoms with Gasteiger partial charge in [-0.2, -0.15) is 0 Å². The summed E-state index contributed by atoms with van der Waals surface area (Å²) in [4.78, 5) is 22.4. The maximum Gasteiger partial charge on any atom is 0.259 e. The number of amides is 1. The Hall–Kier alpha value is -2.48. The van der Waals surface area contributed by atoms with Crippen LogP contribution in [0.3, 0.4) is 0 Å². The molecule has 35 heavy (non-hydrogen) atoms. The molecule has 1 saturated heterocycles. The predicted molar refractivity (Wildman–Crippen MR) is 137 cm³/mol. The Labute approximate surface area is 209 Å². The smallest absolute Gasteiger partial charge is 0.259 e. The third-order valence-corrected chi connectivity index (χ3v) is 7.38. The second-order valence-electron chi connectivity index (χ2n) is 10.3. The van der Waals surface area contributed by atoms with Gasteiger partial charge in [0, 0.05) is 50.5 Å². The monoisotopic (exact) mass is 481 g/mol. The van der Waals surface area contributed by atoms with E-state index < -0.39 is 0 Å². The number of hydrogen-bond donors (Lipinski definition) is 1. The lowest BCUT2D eigenvalue weighted by Gasteiger charge is -2.38. The molecule has 0 aliphatic carbocycles. The molecule has 0 unspecified atom stereocenters. The minimum atomic E-state index is -0.293. The van der Waals surface area contributed by atoms with Gasteiger partial charge in [0.25, 0.3) is 5.91 Å². The van der Waals surface area contributed by atoms with Gasteiger partial charge in [0.15, 0.2) is 0 Å². The Morgan fingerprint density at radius 1 is 1.20 bits per heavy atom. The van der Waals surface area contributed by atoms with E-state index in [1.165, 1.54) is 0 Å². The highest BCUT2D eigenvalue weighted by Gasteiger charge is 2.34. The Morgan fingerprint density at radius 2 is 1.94 bits per heavy atom. The summed E-state index contributed by atoms with van der Waals surface area (Å²) in [5.74, 6) is 0.937. The third-order valence-electron chi connectivity index (χ3n) is 7.38. The van der Waals surface area contributed by atoms with Crippen molar-refractivity contribution in [2.45, 2.75) is 45.8 Å². The fraction of sp³-hybridized carbons (Fsp3) is 0.571. The molecule has 1 aromatic heterocycles. The third kappa shape index (κ3) is 6.02. The average Bonchev–Trinajstić information content (AvgIpc) is 2.86. The molecule has 1 N–H and O–H groups in total. The molecule has 2 aliphatic heterocycles. The van der Waals surface area contributed by atoms with Crippen molar-refractivity contribution in [3.8, 4) is 17.0 Å². The lowest BCUT2D eigenvalue weighted by atomic mass is 9.97. The Kier molecular flexibility index (Phi) is 8.42. The number of pyridine rings is 1. The number of aryl methyl sites for hydroxylation is 1.